The Balaban J connectivity index is 1.28. The molecule has 5 heteroatoms. The summed E-state index contributed by atoms with van der Waals surface area (Å²) in [6.07, 6.45) is 1.69. The topological polar surface area (TPSA) is 54.0 Å². The predicted octanol–water partition coefficient (Wildman–Crippen LogP) is 6.68. The molecule has 1 heterocycles. The third-order valence-electron chi connectivity index (χ3n) is 5.35. The van der Waals surface area contributed by atoms with Gasteiger partial charge in [0.05, 0.1) is 12.7 Å². The van der Waals surface area contributed by atoms with Gasteiger partial charge in [0.25, 0.3) is 0 Å². The number of rotatable bonds is 7. The highest BCUT2D eigenvalue weighted by Crippen LogP contribution is 2.36. The zero-order chi connectivity index (χ0) is 23.3. The van der Waals surface area contributed by atoms with E-state index in [1.807, 2.05) is 78.9 Å². The summed E-state index contributed by atoms with van der Waals surface area (Å²) in [6, 6.07) is 30.1. The van der Waals surface area contributed by atoms with Gasteiger partial charge in [-0.3, -0.25) is 4.79 Å². The number of hydrogen-bond donors (Lipinski definition) is 0. The highest BCUT2D eigenvalue weighted by Gasteiger charge is 2.28. The van der Waals surface area contributed by atoms with Gasteiger partial charge in [-0.05, 0) is 54.1 Å². The largest absolute Gasteiger partial charge is 0.496 e. The van der Waals surface area contributed by atoms with Crippen molar-refractivity contribution < 1.29 is 23.7 Å². The van der Waals surface area contributed by atoms with Crippen LogP contribution in [0.3, 0.4) is 0 Å². The summed E-state index contributed by atoms with van der Waals surface area (Å²) in [5, 5.41) is 0. The fraction of sp³-hybridized carbons (Fsp3) is 0.0690. The summed E-state index contributed by atoms with van der Waals surface area (Å²) < 4.78 is 23.1. The molecule has 1 aliphatic heterocycles. The van der Waals surface area contributed by atoms with Gasteiger partial charge in [-0.2, -0.15) is 0 Å². The van der Waals surface area contributed by atoms with Gasteiger partial charge in [-0.1, -0.05) is 48.5 Å². The average molecular weight is 450 g/mol. The lowest BCUT2D eigenvalue weighted by Crippen LogP contribution is -1.98. The molecule has 1 aliphatic rings. The number of ketones is 1. The number of benzene rings is 4. The molecule has 4 aromatic rings. The number of carbonyl (C=O) groups excluding carboxylic acids is 1. The van der Waals surface area contributed by atoms with Crippen molar-refractivity contribution in [3.8, 4) is 28.7 Å². The lowest BCUT2D eigenvalue weighted by molar-refractivity contribution is 0.101. The Morgan fingerprint density at radius 2 is 1.59 bits per heavy atom. The third kappa shape index (κ3) is 4.64. The summed E-state index contributed by atoms with van der Waals surface area (Å²) in [6.45, 7) is 0.350. The van der Waals surface area contributed by atoms with E-state index in [9.17, 15) is 4.79 Å². The SMILES string of the molecule is COc1ccccc1C=C1Oc2cc(OCc3cccc(Oc4ccccc4)c3)ccc2C1=O. The van der Waals surface area contributed by atoms with Crippen LogP contribution in [0.15, 0.2) is 103 Å². The van der Waals surface area contributed by atoms with Gasteiger partial charge >= 0.3 is 0 Å². The Labute approximate surface area is 197 Å². The summed E-state index contributed by atoms with van der Waals surface area (Å²) in [7, 11) is 1.59. The maximum atomic E-state index is 12.8. The third-order valence-corrected chi connectivity index (χ3v) is 5.35. The first-order valence-electron chi connectivity index (χ1n) is 10.9. The van der Waals surface area contributed by atoms with Crippen LogP contribution < -0.4 is 18.9 Å². The molecule has 0 aliphatic carbocycles. The molecule has 5 rings (SSSR count). The molecule has 0 aromatic heterocycles. The van der Waals surface area contributed by atoms with Gasteiger partial charge in [0.2, 0.25) is 5.78 Å². The van der Waals surface area contributed by atoms with E-state index in [2.05, 4.69) is 0 Å². The van der Waals surface area contributed by atoms with E-state index in [1.54, 1.807) is 31.4 Å². The van der Waals surface area contributed by atoms with Crippen molar-refractivity contribution in [3.05, 3.63) is 120 Å². The minimum absolute atomic E-state index is 0.168. The number of carbonyl (C=O) groups is 1. The van der Waals surface area contributed by atoms with Crippen LogP contribution >= 0.6 is 0 Å². The minimum Gasteiger partial charge on any atom is -0.496 e. The molecule has 0 atom stereocenters. The highest BCUT2D eigenvalue weighted by molar-refractivity contribution is 6.14. The zero-order valence-electron chi connectivity index (χ0n) is 18.6. The Morgan fingerprint density at radius 3 is 2.44 bits per heavy atom. The second-order valence-electron chi connectivity index (χ2n) is 7.69. The summed E-state index contributed by atoms with van der Waals surface area (Å²) in [4.78, 5) is 12.8. The Kier molecular flexibility index (Phi) is 5.99. The second kappa shape index (κ2) is 9.55. The standard InChI is InChI=1S/C29H22O5/c1-31-26-13-6-5-9-21(26)17-28-29(30)25-15-14-23(18-27(25)34-28)32-19-20-8-7-12-24(16-20)33-22-10-3-2-4-11-22/h2-18H,19H2,1H3. The van der Waals surface area contributed by atoms with Gasteiger partial charge in [-0.15, -0.1) is 0 Å². The van der Waals surface area contributed by atoms with Crippen molar-refractivity contribution in [1.29, 1.82) is 0 Å². The van der Waals surface area contributed by atoms with Crippen LogP contribution in [-0.4, -0.2) is 12.9 Å². The molecule has 0 unspecified atom stereocenters. The average Bonchev–Trinajstić information content (AvgIpc) is 3.18. The van der Waals surface area contributed by atoms with Crippen LogP contribution in [0.5, 0.6) is 28.7 Å². The molecule has 168 valence electrons. The number of methoxy groups -OCH3 is 1. The van der Waals surface area contributed by atoms with Crippen molar-refractivity contribution in [2.45, 2.75) is 6.61 Å². The quantitative estimate of drug-likeness (QED) is 0.294. The molecule has 0 saturated carbocycles. The van der Waals surface area contributed by atoms with E-state index in [-0.39, 0.29) is 11.5 Å². The first-order valence-corrected chi connectivity index (χ1v) is 10.9. The summed E-state index contributed by atoms with van der Waals surface area (Å²) >= 11 is 0. The fourth-order valence-electron chi connectivity index (χ4n) is 3.67. The van der Waals surface area contributed by atoms with Crippen molar-refractivity contribution in [1.82, 2.24) is 0 Å². The number of para-hydroxylation sites is 2. The maximum absolute atomic E-state index is 12.8. The normalized spacial score (nSPS) is 13.3. The fourth-order valence-corrected chi connectivity index (χ4v) is 3.67. The van der Waals surface area contributed by atoms with Gasteiger partial charge < -0.3 is 18.9 Å². The first kappa shape index (κ1) is 21.3. The van der Waals surface area contributed by atoms with Crippen LogP contribution in [0.2, 0.25) is 0 Å². The van der Waals surface area contributed by atoms with Crippen molar-refractivity contribution in [3.63, 3.8) is 0 Å². The predicted molar refractivity (Wildman–Crippen MR) is 130 cm³/mol. The van der Waals surface area contributed by atoms with Crippen LogP contribution in [0.25, 0.3) is 6.08 Å². The molecule has 5 nitrogen and oxygen atoms in total. The molecule has 0 spiro atoms. The molecule has 34 heavy (non-hydrogen) atoms. The number of ether oxygens (including phenoxy) is 4. The number of Topliss-reactive ketones (excluding diaryl/α,β-unsaturated/α-hetero) is 1. The van der Waals surface area contributed by atoms with Crippen molar-refractivity contribution >= 4 is 11.9 Å². The van der Waals surface area contributed by atoms with Crippen molar-refractivity contribution in [2.24, 2.45) is 0 Å². The molecular weight excluding hydrogens is 428 g/mol. The van der Waals surface area contributed by atoms with Gasteiger partial charge in [0.15, 0.2) is 5.76 Å². The molecule has 0 fully saturated rings. The minimum atomic E-state index is -0.168. The lowest BCUT2D eigenvalue weighted by Gasteiger charge is -2.10. The molecular formula is C29H22O5. The number of fused-ring (bicyclic) bond motifs is 1. The van der Waals surface area contributed by atoms with Crippen LogP contribution in [0.4, 0.5) is 0 Å². The van der Waals surface area contributed by atoms with Crippen molar-refractivity contribution in [2.75, 3.05) is 7.11 Å². The van der Waals surface area contributed by atoms with E-state index < -0.39 is 0 Å². The molecule has 0 N–H and O–H groups in total. The van der Waals surface area contributed by atoms with E-state index in [4.69, 9.17) is 18.9 Å². The molecule has 0 saturated heterocycles. The Hall–Kier alpha value is -4.51. The summed E-state index contributed by atoms with van der Waals surface area (Å²) in [5.41, 5.74) is 2.24. The van der Waals surface area contributed by atoms with Gasteiger partial charge in [-0.25, -0.2) is 0 Å². The first-order chi connectivity index (χ1) is 16.7. The monoisotopic (exact) mass is 450 g/mol. The molecule has 4 aromatic carbocycles. The zero-order valence-corrected chi connectivity index (χ0v) is 18.6. The van der Waals surface area contributed by atoms with E-state index in [0.29, 0.717) is 29.4 Å². The highest BCUT2D eigenvalue weighted by atomic mass is 16.5. The summed E-state index contributed by atoms with van der Waals surface area (Å²) in [5.74, 6) is 3.36. The van der Waals surface area contributed by atoms with Gasteiger partial charge in [0.1, 0.15) is 35.4 Å². The number of hydrogen-bond acceptors (Lipinski definition) is 5. The van der Waals surface area contributed by atoms with Crippen LogP contribution in [-0.2, 0) is 6.61 Å². The Bertz CT molecular complexity index is 1360. The van der Waals surface area contributed by atoms with Gasteiger partial charge in [0, 0.05) is 11.6 Å². The maximum Gasteiger partial charge on any atom is 0.231 e. The second-order valence-corrected chi connectivity index (χ2v) is 7.69. The van der Waals surface area contributed by atoms with E-state index in [0.717, 1.165) is 22.6 Å². The molecule has 0 bridgehead atoms. The lowest BCUT2D eigenvalue weighted by atomic mass is 10.1. The van der Waals surface area contributed by atoms with Crippen LogP contribution in [0.1, 0.15) is 21.5 Å². The molecule has 0 amide bonds. The van der Waals surface area contributed by atoms with E-state index in [1.165, 1.54) is 0 Å². The van der Waals surface area contributed by atoms with E-state index >= 15 is 0 Å². The molecule has 0 radical (unpaired) electrons. The van der Waals surface area contributed by atoms with Crippen LogP contribution in [0, 0.1) is 0 Å². The Morgan fingerprint density at radius 1 is 0.794 bits per heavy atom. The smallest absolute Gasteiger partial charge is 0.231 e. The number of allylic oxidation sites excluding steroid dienone is 1.